The fraction of sp³-hybridized carbons (Fsp3) is 0.400. The van der Waals surface area contributed by atoms with Crippen molar-refractivity contribution >= 4 is 34.9 Å². The number of carbonyl (C=O) groups is 3. The zero-order valence-corrected chi connectivity index (χ0v) is 19.8. The molecule has 8 nitrogen and oxygen atoms in total. The van der Waals surface area contributed by atoms with Gasteiger partial charge in [0.25, 0.3) is 5.91 Å². The largest absolute Gasteiger partial charge is 0.485 e. The third kappa shape index (κ3) is 5.69. The third-order valence-electron chi connectivity index (χ3n) is 5.86. The first-order valence-corrected chi connectivity index (χ1v) is 11.6. The van der Waals surface area contributed by atoms with Crippen LogP contribution in [0.2, 0.25) is 5.02 Å². The molecule has 34 heavy (non-hydrogen) atoms. The van der Waals surface area contributed by atoms with E-state index in [-0.39, 0.29) is 30.8 Å². The molecule has 9 heteroatoms. The Labute approximate surface area is 203 Å². The van der Waals surface area contributed by atoms with Crippen LogP contribution in [0.5, 0.6) is 11.5 Å². The summed E-state index contributed by atoms with van der Waals surface area (Å²) in [5.74, 6) is 0.714. The lowest BCUT2D eigenvalue weighted by Crippen LogP contribution is -2.42. The van der Waals surface area contributed by atoms with Crippen molar-refractivity contribution in [1.29, 1.82) is 0 Å². The Balaban J connectivity index is 1.39. The van der Waals surface area contributed by atoms with Gasteiger partial charge in [-0.25, -0.2) is 0 Å². The summed E-state index contributed by atoms with van der Waals surface area (Å²) in [6.07, 6.45) is 0.853. The molecule has 0 saturated carbocycles. The highest BCUT2D eigenvalue weighted by molar-refractivity contribution is 6.31. The molecule has 0 N–H and O–H groups in total. The molecule has 4 rings (SSSR count). The number of halogens is 1. The molecule has 2 amide bonds. The van der Waals surface area contributed by atoms with Crippen LogP contribution in [0.25, 0.3) is 0 Å². The normalized spacial score (nSPS) is 15.5. The van der Waals surface area contributed by atoms with E-state index in [9.17, 15) is 14.4 Å². The van der Waals surface area contributed by atoms with Crippen LogP contribution < -0.4 is 14.4 Å². The number of carbonyl (C=O) groups excluding carboxylic acids is 3. The number of rotatable bonds is 8. The van der Waals surface area contributed by atoms with Crippen LogP contribution in [-0.2, 0) is 14.3 Å². The van der Waals surface area contributed by atoms with E-state index in [4.69, 9.17) is 25.8 Å². The zero-order valence-electron chi connectivity index (χ0n) is 19.0. The lowest BCUT2D eigenvalue weighted by atomic mass is 10.1. The molecular weight excluding hydrogens is 460 g/mol. The van der Waals surface area contributed by atoms with Crippen molar-refractivity contribution in [2.45, 2.75) is 19.8 Å². The van der Waals surface area contributed by atoms with Gasteiger partial charge in [-0.15, -0.1) is 0 Å². The monoisotopic (exact) mass is 486 g/mol. The SMILES string of the molecule is Cc1cc(OCC(=O)c2ccc3c(c2)N(CCCC(=O)N2CCOCC2)C(=O)CO3)ccc1Cl. The van der Waals surface area contributed by atoms with Gasteiger partial charge in [0.1, 0.15) is 11.5 Å². The highest BCUT2D eigenvalue weighted by atomic mass is 35.5. The van der Waals surface area contributed by atoms with Gasteiger partial charge in [0.15, 0.2) is 19.0 Å². The molecule has 0 unspecified atom stereocenters. The van der Waals surface area contributed by atoms with Gasteiger partial charge in [-0.05, 0) is 55.3 Å². The molecule has 2 aromatic rings. The summed E-state index contributed by atoms with van der Waals surface area (Å²) in [5.41, 5.74) is 1.80. The van der Waals surface area contributed by atoms with E-state index in [1.165, 1.54) is 0 Å². The van der Waals surface area contributed by atoms with Crippen molar-refractivity contribution in [3.05, 3.63) is 52.5 Å². The topological polar surface area (TPSA) is 85.4 Å². The quantitative estimate of drug-likeness (QED) is 0.532. The van der Waals surface area contributed by atoms with Gasteiger partial charge in [0.2, 0.25) is 5.91 Å². The summed E-state index contributed by atoms with van der Waals surface area (Å²) in [4.78, 5) is 41.1. The second kappa shape index (κ2) is 10.9. The van der Waals surface area contributed by atoms with Crippen LogP contribution in [0.1, 0.15) is 28.8 Å². The Kier molecular flexibility index (Phi) is 7.70. The molecule has 0 atom stereocenters. The maximum absolute atomic E-state index is 12.8. The van der Waals surface area contributed by atoms with Gasteiger partial charge in [-0.3, -0.25) is 14.4 Å². The molecule has 0 spiro atoms. The van der Waals surface area contributed by atoms with E-state index in [0.29, 0.717) is 73.5 Å². The van der Waals surface area contributed by atoms with Crippen LogP contribution in [0.15, 0.2) is 36.4 Å². The fourth-order valence-electron chi connectivity index (χ4n) is 3.92. The number of amides is 2. The zero-order chi connectivity index (χ0) is 24.1. The van der Waals surface area contributed by atoms with E-state index in [1.807, 2.05) is 6.92 Å². The van der Waals surface area contributed by atoms with Crippen molar-refractivity contribution in [2.24, 2.45) is 0 Å². The number of ether oxygens (including phenoxy) is 3. The van der Waals surface area contributed by atoms with Crippen molar-refractivity contribution in [2.75, 3.05) is 51.0 Å². The van der Waals surface area contributed by atoms with Crippen molar-refractivity contribution < 1.29 is 28.6 Å². The van der Waals surface area contributed by atoms with E-state index in [2.05, 4.69) is 0 Å². The molecule has 0 aliphatic carbocycles. The molecule has 2 aliphatic heterocycles. The van der Waals surface area contributed by atoms with E-state index in [0.717, 1.165) is 5.56 Å². The molecule has 1 saturated heterocycles. The number of anilines is 1. The number of ketones is 1. The molecular formula is C25H27ClN2O6. The van der Waals surface area contributed by atoms with Gasteiger partial charge in [-0.2, -0.15) is 0 Å². The van der Waals surface area contributed by atoms with Crippen LogP contribution >= 0.6 is 11.6 Å². The summed E-state index contributed by atoms with van der Waals surface area (Å²) < 4.78 is 16.5. The first kappa shape index (κ1) is 24.0. The Morgan fingerprint density at radius 2 is 1.91 bits per heavy atom. The molecule has 0 aromatic heterocycles. The minimum atomic E-state index is -0.226. The van der Waals surface area contributed by atoms with E-state index >= 15 is 0 Å². The van der Waals surface area contributed by atoms with Gasteiger partial charge in [0, 0.05) is 36.6 Å². The Morgan fingerprint density at radius 3 is 2.68 bits per heavy atom. The fourth-order valence-corrected chi connectivity index (χ4v) is 4.04. The highest BCUT2D eigenvalue weighted by Crippen LogP contribution is 2.33. The van der Waals surface area contributed by atoms with Gasteiger partial charge < -0.3 is 24.0 Å². The number of Topliss-reactive ketones (excluding diaryl/α,β-unsaturated/α-hetero) is 1. The number of aryl methyl sites for hydroxylation is 1. The minimum Gasteiger partial charge on any atom is -0.485 e. The molecule has 0 bridgehead atoms. The van der Waals surface area contributed by atoms with Crippen LogP contribution in [0.4, 0.5) is 5.69 Å². The predicted octanol–water partition coefficient (Wildman–Crippen LogP) is 3.27. The summed E-state index contributed by atoms with van der Waals surface area (Å²) >= 11 is 6.03. The Bertz CT molecular complexity index is 1080. The maximum atomic E-state index is 12.8. The van der Waals surface area contributed by atoms with E-state index < -0.39 is 0 Å². The smallest absolute Gasteiger partial charge is 0.265 e. The molecule has 180 valence electrons. The summed E-state index contributed by atoms with van der Waals surface area (Å²) in [6.45, 7) is 4.31. The molecule has 0 radical (unpaired) electrons. The maximum Gasteiger partial charge on any atom is 0.265 e. The lowest BCUT2D eigenvalue weighted by molar-refractivity contribution is -0.135. The number of morpholine rings is 1. The molecule has 1 fully saturated rings. The standard InChI is InChI=1S/C25H27ClN2O6/c1-17-13-19(5-6-20(17)26)33-15-22(29)18-4-7-23-21(14-18)28(25(31)16-34-23)8-2-3-24(30)27-9-11-32-12-10-27/h4-7,13-14H,2-3,8-12,15-16H2,1H3. The summed E-state index contributed by atoms with van der Waals surface area (Å²) in [5, 5.41) is 0.629. The Morgan fingerprint density at radius 1 is 1.12 bits per heavy atom. The number of nitrogens with zero attached hydrogens (tertiary/aromatic N) is 2. The average molecular weight is 487 g/mol. The van der Waals surface area contributed by atoms with E-state index in [1.54, 1.807) is 46.2 Å². The number of benzene rings is 2. The molecule has 2 heterocycles. The molecule has 2 aliphatic rings. The first-order chi connectivity index (χ1) is 16.4. The summed E-state index contributed by atoms with van der Waals surface area (Å²) in [7, 11) is 0. The summed E-state index contributed by atoms with van der Waals surface area (Å²) in [6, 6.07) is 10.2. The minimum absolute atomic E-state index is 0.0581. The number of hydrogen-bond donors (Lipinski definition) is 0. The van der Waals surface area contributed by atoms with Crippen LogP contribution in [-0.4, -0.2) is 68.6 Å². The lowest BCUT2D eigenvalue weighted by Gasteiger charge is -2.30. The highest BCUT2D eigenvalue weighted by Gasteiger charge is 2.27. The van der Waals surface area contributed by atoms with Crippen molar-refractivity contribution in [1.82, 2.24) is 4.90 Å². The molecule has 2 aromatic carbocycles. The van der Waals surface area contributed by atoms with Crippen molar-refractivity contribution in [3.63, 3.8) is 0 Å². The predicted molar refractivity (Wildman–Crippen MR) is 127 cm³/mol. The van der Waals surface area contributed by atoms with Gasteiger partial charge in [-0.1, -0.05) is 11.6 Å². The number of fused-ring (bicyclic) bond motifs is 1. The van der Waals surface area contributed by atoms with Gasteiger partial charge >= 0.3 is 0 Å². The average Bonchev–Trinajstić information content (AvgIpc) is 2.86. The number of hydrogen-bond acceptors (Lipinski definition) is 6. The second-order valence-corrected chi connectivity index (χ2v) is 8.64. The van der Waals surface area contributed by atoms with Gasteiger partial charge in [0.05, 0.1) is 18.9 Å². The van der Waals surface area contributed by atoms with Crippen LogP contribution in [0.3, 0.4) is 0 Å². The first-order valence-electron chi connectivity index (χ1n) is 11.3. The van der Waals surface area contributed by atoms with Crippen molar-refractivity contribution in [3.8, 4) is 11.5 Å². The Hall–Kier alpha value is -3.10. The third-order valence-corrected chi connectivity index (χ3v) is 6.28. The second-order valence-electron chi connectivity index (χ2n) is 8.24. The van der Waals surface area contributed by atoms with Crippen LogP contribution in [0, 0.1) is 6.92 Å².